The van der Waals surface area contributed by atoms with Crippen molar-refractivity contribution in [3.63, 3.8) is 0 Å². The Labute approximate surface area is 183 Å². The van der Waals surface area contributed by atoms with Crippen molar-refractivity contribution < 1.29 is 31.1 Å². The van der Waals surface area contributed by atoms with Crippen molar-refractivity contribution in [2.24, 2.45) is 0 Å². The molecule has 0 aliphatic carbocycles. The van der Waals surface area contributed by atoms with Gasteiger partial charge in [-0.25, -0.2) is 21.6 Å². The number of rotatable bonds is 9. The van der Waals surface area contributed by atoms with Crippen LogP contribution in [0.2, 0.25) is 0 Å². The zero-order chi connectivity index (χ0) is 22.6. The topological polar surface area (TPSA) is 104 Å². The minimum atomic E-state index is -4.05. The van der Waals surface area contributed by atoms with Gasteiger partial charge in [0.05, 0.1) is 29.3 Å². The zero-order valence-electron chi connectivity index (χ0n) is 17.5. The van der Waals surface area contributed by atoms with Gasteiger partial charge in [-0.15, -0.1) is 0 Å². The monoisotopic (exact) mass is 466 g/mol. The van der Waals surface area contributed by atoms with Crippen LogP contribution in [0.3, 0.4) is 0 Å². The summed E-state index contributed by atoms with van der Waals surface area (Å²) in [7, 11) is -6.71. The molecule has 2 aromatic carbocycles. The van der Waals surface area contributed by atoms with Gasteiger partial charge in [0.1, 0.15) is 16.6 Å². The van der Waals surface area contributed by atoms with Crippen molar-refractivity contribution in [3.8, 4) is 5.75 Å². The fourth-order valence-electron chi connectivity index (χ4n) is 3.68. The van der Waals surface area contributed by atoms with Gasteiger partial charge in [0.2, 0.25) is 0 Å². The van der Waals surface area contributed by atoms with Gasteiger partial charge in [-0.05, 0) is 30.7 Å². The van der Waals surface area contributed by atoms with Crippen LogP contribution in [0.25, 0.3) is 0 Å². The van der Waals surface area contributed by atoms with Gasteiger partial charge in [-0.3, -0.25) is 0 Å². The van der Waals surface area contributed by atoms with Gasteiger partial charge in [-0.1, -0.05) is 44.4 Å². The van der Waals surface area contributed by atoms with E-state index in [0.717, 1.165) is 19.3 Å². The van der Waals surface area contributed by atoms with Crippen LogP contribution >= 0.6 is 0 Å². The molecule has 0 bridgehead atoms. The van der Waals surface area contributed by atoms with Crippen LogP contribution in [-0.2, 0) is 24.4 Å². The van der Waals surface area contributed by atoms with Gasteiger partial charge < -0.3 is 9.47 Å². The van der Waals surface area contributed by atoms with Gasteiger partial charge in [0.15, 0.2) is 19.7 Å². The van der Waals surface area contributed by atoms with E-state index in [2.05, 4.69) is 6.92 Å². The van der Waals surface area contributed by atoms with E-state index in [9.17, 15) is 21.6 Å². The second-order valence-electron chi connectivity index (χ2n) is 7.38. The molecule has 1 atom stereocenters. The molecule has 168 valence electrons. The number of carbonyl (C=O) groups is 1. The molecule has 1 heterocycles. The minimum absolute atomic E-state index is 0.0143. The molecule has 0 fully saturated rings. The molecular formula is C22H26O7S2. The van der Waals surface area contributed by atoms with E-state index >= 15 is 0 Å². The predicted molar refractivity (Wildman–Crippen MR) is 116 cm³/mol. The number of fused-ring (bicyclic) bond motifs is 1. The molecule has 0 amide bonds. The number of unbranched alkanes of at least 4 members (excludes halogenated alkanes) is 3. The average Bonchev–Trinajstić information content (AvgIpc) is 3.05. The fourth-order valence-corrected chi connectivity index (χ4v) is 8.01. The van der Waals surface area contributed by atoms with Crippen LogP contribution < -0.4 is 4.74 Å². The number of esters is 1. The standard InChI is InChI=1S/C22H26O7S2/c1-3-4-5-9-14-29-21-17(22(23)28-2)12-13-18-20(21)19(15-30(18,24)25)31(26,27)16-10-7-6-8-11-16/h6-8,10-13,19H,3-5,9,14-15H2,1-2H3. The third kappa shape index (κ3) is 4.62. The van der Waals surface area contributed by atoms with E-state index in [1.165, 1.54) is 31.4 Å². The van der Waals surface area contributed by atoms with Crippen LogP contribution in [0.4, 0.5) is 0 Å². The number of sulfone groups is 2. The Kier molecular flexibility index (Phi) is 7.06. The summed E-state index contributed by atoms with van der Waals surface area (Å²) in [5.74, 6) is -1.34. The molecule has 2 aromatic rings. The first-order chi connectivity index (χ1) is 14.7. The molecule has 1 aliphatic rings. The maximum Gasteiger partial charge on any atom is 0.341 e. The molecule has 3 rings (SSSR count). The quantitative estimate of drug-likeness (QED) is 0.410. The van der Waals surface area contributed by atoms with Crippen LogP contribution in [-0.4, -0.2) is 42.3 Å². The first-order valence-corrected chi connectivity index (χ1v) is 13.3. The number of benzene rings is 2. The highest BCUT2D eigenvalue weighted by Gasteiger charge is 2.46. The normalized spacial score (nSPS) is 17.2. The Balaban J connectivity index is 2.14. The van der Waals surface area contributed by atoms with Gasteiger partial charge >= 0.3 is 5.97 Å². The number of methoxy groups -OCH3 is 1. The van der Waals surface area contributed by atoms with Crippen molar-refractivity contribution in [2.45, 2.75) is 47.6 Å². The number of hydrogen-bond donors (Lipinski definition) is 0. The molecule has 0 saturated heterocycles. The van der Waals surface area contributed by atoms with Gasteiger partial charge in [0, 0.05) is 5.56 Å². The molecule has 0 aromatic heterocycles. The lowest BCUT2D eigenvalue weighted by molar-refractivity contribution is 0.0595. The maximum absolute atomic E-state index is 13.4. The Morgan fingerprint density at radius 1 is 1.06 bits per heavy atom. The maximum atomic E-state index is 13.4. The van der Waals surface area contributed by atoms with Crippen LogP contribution in [0.5, 0.6) is 5.75 Å². The Bertz CT molecular complexity index is 1150. The molecule has 0 radical (unpaired) electrons. The smallest absolute Gasteiger partial charge is 0.341 e. The van der Waals surface area contributed by atoms with Crippen molar-refractivity contribution in [3.05, 3.63) is 53.6 Å². The second-order valence-corrected chi connectivity index (χ2v) is 11.5. The summed E-state index contributed by atoms with van der Waals surface area (Å²) in [6, 6.07) is 10.3. The van der Waals surface area contributed by atoms with Gasteiger partial charge in [-0.2, -0.15) is 0 Å². The van der Waals surface area contributed by atoms with E-state index in [1.54, 1.807) is 18.2 Å². The first-order valence-electron chi connectivity index (χ1n) is 10.1. The van der Waals surface area contributed by atoms with E-state index in [-0.39, 0.29) is 33.3 Å². The summed E-state index contributed by atoms with van der Waals surface area (Å²) in [5, 5.41) is -1.37. The highest BCUT2D eigenvalue weighted by molar-refractivity contribution is 7.96. The SMILES string of the molecule is CCCCCCOc1c(C(=O)OC)ccc2c1C(S(=O)(=O)c1ccccc1)CS2(=O)=O. The first kappa shape index (κ1) is 23.3. The number of carbonyl (C=O) groups excluding carboxylic acids is 1. The zero-order valence-corrected chi connectivity index (χ0v) is 19.2. The highest BCUT2D eigenvalue weighted by Crippen LogP contribution is 2.47. The molecule has 0 spiro atoms. The Morgan fingerprint density at radius 2 is 1.77 bits per heavy atom. The van der Waals surface area contributed by atoms with E-state index in [4.69, 9.17) is 9.47 Å². The predicted octanol–water partition coefficient (Wildman–Crippen LogP) is 3.73. The molecule has 0 N–H and O–H groups in total. The Morgan fingerprint density at radius 3 is 2.42 bits per heavy atom. The third-order valence-electron chi connectivity index (χ3n) is 5.28. The average molecular weight is 467 g/mol. The highest BCUT2D eigenvalue weighted by atomic mass is 32.2. The summed E-state index contributed by atoms with van der Waals surface area (Å²) < 4.78 is 63.1. The summed E-state index contributed by atoms with van der Waals surface area (Å²) in [5.41, 5.74) is 0.0318. The van der Waals surface area contributed by atoms with E-state index in [1.807, 2.05) is 0 Å². The molecule has 1 aliphatic heterocycles. The van der Waals surface area contributed by atoms with Gasteiger partial charge in [0.25, 0.3) is 0 Å². The van der Waals surface area contributed by atoms with Crippen LogP contribution in [0, 0.1) is 0 Å². The molecule has 7 nitrogen and oxygen atoms in total. The summed E-state index contributed by atoms with van der Waals surface area (Å²) in [4.78, 5) is 12.3. The van der Waals surface area contributed by atoms with Crippen molar-refractivity contribution in [1.29, 1.82) is 0 Å². The molecule has 9 heteroatoms. The molecular weight excluding hydrogens is 440 g/mol. The van der Waals surface area contributed by atoms with Crippen molar-refractivity contribution >= 4 is 25.6 Å². The van der Waals surface area contributed by atoms with E-state index < -0.39 is 36.6 Å². The summed E-state index contributed by atoms with van der Waals surface area (Å²) >= 11 is 0. The van der Waals surface area contributed by atoms with Crippen molar-refractivity contribution in [1.82, 2.24) is 0 Å². The Hall–Kier alpha value is -2.39. The van der Waals surface area contributed by atoms with Crippen LogP contribution in [0.1, 0.15) is 53.8 Å². The summed E-state index contributed by atoms with van der Waals surface area (Å²) in [6.45, 7) is 2.31. The lowest BCUT2D eigenvalue weighted by Gasteiger charge is -2.18. The largest absolute Gasteiger partial charge is 0.492 e. The fraction of sp³-hybridized carbons (Fsp3) is 0.409. The third-order valence-corrected chi connectivity index (χ3v) is 9.37. The summed E-state index contributed by atoms with van der Waals surface area (Å²) in [6.07, 6.45) is 3.65. The lowest BCUT2D eigenvalue weighted by Crippen LogP contribution is -2.17. The molecule has 0 saturated carbocycles. The molecule has 31 heavy (non-hydrogen) atoms. The molecule has 1 unspecified atom stereocenters. The van der Waals surface area contributed by atoms with Crippen molar-refractivity contribution in [2.75, 3.05) is 19.5 Å². The minimum Gasteiger partial charge on any atom is -0.492 e. The number of hydrogen-bond acceptors (Lipinski definition) is 7. The number of ether oxygens (including phenoxy) is 2. The lowest BCUT2D eigenvalue weighted by atomic mass is 10.1. The van der Waals surface area contributed by atoms with Crippen LogP contribution in [0.15, 0.2) is 52.3 Å². The second kappa shape index (κ2) is 9.40. The van der Waals surface area contributed by atoms with E-state index in [0.29, 0.717) is 6.42 Å².